The second-order valence-electron chi connectivity index (χ2n) is 3.53. The maximum absolute atomic E-state index is 13.6. The highest BCUT2D eigenvalue weighted by molar-refractivity contribution is 9.10. The summed E-state index contributed by atoms with van der Waals surface area (Å²) in [5.74, 6) is -0.371. The van der Waals surface area contributed by atoms with Gasteiger partial charge in [0.25, 0.3) is 0 Å². The lowest BCUT2D eigenvalue weighted by atomic mass is 10.2. The molecule has 0 heterocycles. The fraction of sp³-hybridized carbons (Fsp3) is 0. The summed E-state index contributed by atoms with van der Waals surface area (Å²) < 4.78 is 14.2. The summed E-state index contributed by atoms with van der Waals surface area (Å²) in [5.41, 5.74) is 1.33. The van der Waals surface area contributed by atoms with Crippen molar-refractivity contribution >= 4 is 38.9 Å². The van der Waals surface area contributed by atoms with Crippen LogP contribution in [-0.4, -0.2) is 0 Å². The average molecular weight is 326 g/mol. The summed E-state index contributed by atoms with van der Waals surface area (Å²) in [6.07, 6.45) is 0. The quantitative estimate of drug-likeness (QED) is 0.856. The first-order chi connectivity index (χ1) is 8.61. The summed E-state index contributed by atoms with van der Waals surface area (Å²) in [6, 6.07) is 11.5. The monoisotopic (exact) mass is 324 g/mol. The van der Waals surface area contributed by atoms with Crippen LogP contribution >= 0.6 is 27.5 Å². The van der Waals surface area contributed by atoms with Gasteiger partial charge in [-0.05, 0) is 46.3 Å². The van der Waals surface area contributed by atoms with Gasteiger partial charge in [0.2, 0.25) is 0 Å². The van der Waals surface area contributed by atoms with Gasteiger partial charge in [0.05, 0.1) is 16.3 Å². The molecule has 5 heteroatoms. The normalized spacial score (nSPS) is 9.89. The third kappa shape index (κ3) is 2.63. The van der Waals surface area contributed by atoms with Gasteiger partial charge in [-0.25, -0.2) is 4.39 Å². The lowest BCUT2D eigenvalue weighted by Gasteiger charge is -2.10. The van der Waals surface area contributed by atoms with Crippen molar-refractivity contribution in [2.45, 2.75) is 0 Å². The van der Waals surface area contributed by atoms with Crippen molar-refractivity contribution in [3.8, 4) is 6.07 Å². The standard InChI is InChI=1S/C13H7BrClFN2/c14-10-2-1-3-12(16)13(10)18-9-5-4-8(7-17)11(15)6-9/h1-6,18H. The van der Waals surface area contributed by atoms with E-state index in [-0.39, 0.29) is 5.82 Å². The molecule has 0 aromatic heterocycles. The van der Waals surface area contributed by atoms with Crippen molar-refractivity contribution in [2.24, 2.45) is 0 Å². The van der Waals surface area contributed by atoms with Gasteiger partial charge in [-0.2, -0.15) is 5.26 Å². The smallest absolute Gasteiger partial charge is 0.147 e. The van der Waals surface area contributed by atoms with Crippen LogP contribution in [0, 0.1) is 17.1 Å². The van der Waals surface area contributed by atoms with E-state index in [4.69, 9.17) is 16.9 Å². The molecule has 0 aliphatic rings. The lowest BCUT2D eigenvalue weighted by molar-refractivity contribution is 0.631. The summed E-state index contributed by atoms with van der Waals surface area (Å²) in [5, 5.41) is 12.0. The number of hydrogen-bond acceptors (Lipinski definition) is 2. The molecule has 0 amide bonds. The fourth-order valence-electron chi connectivity index (χ4n) is 1.45. The Morgan fingerprint density at radius 1 is 1.28 bits per heavy atom. The third-order valence-electron chi connectivity index (χ3n) is 2.32. The van der Waals surface area contributed by atoms with Crippen LogP contribution in [0.5, 0.6) is 0 Å². The molecule has 1 N–H and O–H groups in total. The Kier molecular flexibility index (Phi) is 3.85. The Morgan fingerprint density at radius 3 is 2.67 bits per heavy atom. The summed E-state index contributed by atoms with van der Waals surface area (Å²) in [7, 11) is 0. The highest BCUT2D eigenvalue weighted by Crippen LogP contribution is 2.30. The maximum Gasteiger partial charge on any atom is 0.147 e. The fourth-order valence-corrected chi connectivity index (χ4v) is 2.11. The zero-order valence-electron chi connectivity index (χ0n) is 9.05. The first kappa shape index (κ1) is 12.9. The van der Waals surface area contributed by atoms with E-state index in [1.165, 1.54) is 6.07 Å². The van der Waals surface area contributed by atoms with Crippen LogP contribution in [0.1, 0.15) is 5.56 Å². The van der Waals surface area contributed by atoms with Crippen molar-refractivity contribution < 1.29 is 4.39 Å². The van der Waals surface area contributed by atoms with Crippen molar-refractivity contribution in [3.05, 3.63) is 57.3 Å². The number of para-hydroxylation sites is 1. The summed E-state index contributed by atoms with van der Waals surface area (Å²) in [4.78, 5) is 0. The minimum atomic E-state index is -0.371. The van der Waals surface area contributed by atoms with E-state index in [1.807, 2.05) is 6.07 Å². The van der Waals surface area contributed by atoms with Crippen LogP contribution in [0.2, 0.25) is 5.02 Å². The van der Waals surface area contributed by atoms with Crippen molar-refractivity contribution in [1.29, 1.82) is 5.26 Å². The van der Waals surface area contributed by atoms with Gasteiger partial charge in [-0.1, -0.05) is 17.7 Å². The van der Waals surface area contributed by atoms with E-state index in [0.717, 1.165) is 0 Å². The lowest BCUT2D eigenvalue weighted by Crippen LogP contribution is -1.95. The number of nitrogens with one attached hydrogen (secondary N) is 1. The van der Waals surface area contributed by atoms with Crippen LogP contribution in [0.3, 0.4) is 0 Å². The van der Waals surface area contributed by atoms with E-state index in [0.29, 0.717) is 26.4 Å². The molecule has 2 aromatic rings. The molecule has 2 nitrogen and oxygen atoms in total. The second kappa shape index (κ2) is 5.38. The van der Waals surface area contributed by atoms with Gasteiger partial charge in [-0.15, -0.1) is 0 Å². The van der Waals surface area contributed by atoms with E-state index in [9.17, 15) is 4.39 Å². The number of nitrogens with zero attached hydrogens (tertiary/aromatic N) is 1. The molecule has 0 radical (unpaired) electrons. The predicted molar refractivity (Wildman–Crippen MR) is 73.5 cm³/mol. The highest BCUT2D eigenvalue weighted by Gasteiger charge is 2.07. The third-order valence-corrected chi connectivity index (χ3v) is 3.30. The molecule has 0 aliphatic carbocycles. The number of halogens is 3. The Labute approximate surface area is 117 Å². The zero-order chi connectivity index (χ0) is 13.1. The Balaban J connectivity index is 2.35. The second-order valence-corrected chi connectivity index (χ2v) is 4.79. The van der Waals surface area contributed by atoms with Crippen LogP contribution < -0.4 is 5.32 Å². The number of rotatable bonds is 2. The Bertz CT molecular complexity index is 617. The molecular weight excluding hydrogens is 319 g/mol. The molecular formula is C13H7BrClFN2. The van der Waals surface area contributed by atoms with E-state index in [2.05, 4.69) is 21.2 Å². The number of anilines is 2. The minimum absolute atomic E-state index is 0.329. The maximum atomic E-state index is 13.6. The molecule has 0 spiro atoms. The van der Waals surface area contributed by atoms with Crippen LogP contribution in [0.15, 0.2) is 40.9 Å². The number of nitriles is 1. The molecule has 0 fully saturated rings. The molecule has 0 saturated carbocycles. The zero-order valence-corrected chi connectivity index (χ0v) is 11.4. The summed E-state index contributed by atoms with van der Waals surface area (Å²) in [6.45, 7) is 0. The first-order valence-electron chi connectivity index (χ1n) is 5.02. The van der Waals surface area contributed by atoms with Crippen LogP contribution in [0.25, 0.3) is 0 Å². The van der Waals surface area contributed by atoms with Gasteiger partial charge in [0.1, 0.15) is 11.9 Å². The van der Waals surface area contributed by atoms with Crippen LogP contribution in [-0.2, 0) is 0 Å². The molecule has 18 heavy (non-hydrogen) atoms. The topological polar surface area (TPSA) is 35.8 Å². The Morgan fingerprint density at radius 2 is 2.06 bits per heavy atom. The van der Waals surface area contributed by atoms with Gasteiger partial charge in [0, 0.05) is 10.2 Å². The number of benzene rings is 2. The van der Waals surface area contributed by atoms with Crippen molar-refractivity contribution in [1.82, 2.24) is 0 Å². The van der Waals surface area contributed by atoms with Gasteiger partial charge < -0.3 is 5.32 Å². The first-order valence-corrected chi connectivity index (χ1v) is 6.19. The van der Waals surface area contributed by atoms with Crippen molar-refractivity contribution in [2.75, 3.05) is 5.32 Å². The van der Waals surface area contributed by atoms with Gasteiger partial charge >= 0.3 is 0 Å². The molecule has 90 valence electrons. The molecule has 2 rings (SSSR count). The molecule has 0 aliphatic heterocycles. The van der Waals surface area contributed by atoms with E-state index in [1.54, 1.807) is 30.3 Å². The molecule has 0 bridgehead atoms. The summed E-state index contributed by atoms with van der Waals surface area (Å²) >= 11 is 9.17. The SMILES string of the molecule is N#Cc1ccc(Nc2c(F)cccc2Br)cc1Cl. The molecule has 0 atom stereocenters. The average Bonchev–Trinajstić information content (AvgIpc) is 2.34. The largest absolute Gasteiger partial charge is 0.352 e. The van der Waals surface area contributed by atoms with Crippen molar-refractivity contribution in [3.63, 3.8) is 0 Å². The molecule has 2 aromatic carbocycles. The molecule has 0 saturated heterocycles. The van der Waals surface area contributed by atoms with E-state index < -0.39 is 0 Å². The van der Waals surface area contributed by atoms with Gasteiger partial charge in [-0.3, -0.25) is 0 Å². The highest BCUT2D eigenvalue weighted by atomic mass is 79.9. The van der Waals surface area contributed by atoms with E-state index >= 15 is 0 Å². The minimum Gasteiger partial charge on any atom is -0.352 e. The number of hydrogen-bond donors (Lipinski definition) is 1. The Hall–Kier alpha value is -1.57. The molecule has 0 unspecified atom stereocenters. The van der Waals surface area contributed by atoms with Gasteiger partial charge in [0.15, 0.2) is 0 Å². The van der Waals surface area contributed by atoms with Crippen LogP contribution in [0.4, 0.5) is 15.8 Å². The predicted octanol–water partition coefficient (Wildman–Crippen LogP) is 4.86.